The van der Waals surface area contributed by atoms with Gasteiger partial charge in [0.2, 0.25) is 0 Å². The molecule has 0 aliphatic carbocycles. The summed E-state index contributed by atoms with van der Waals surface area (Å²) in [6.45, 7) is 0.890. The van der Waals surface area contributed by atoms with E-state index >= 15 is 0 Å². The number of hydrogen-bond donors (Lipinski definition) is 3. The molecule has 1 aromatic heterocycles. The molecule has 0 atom stereocenters. The van der Waals surface area contributed by atoms with Crippen LogP contribution >= 0.6 is 11.3 Å². The van der Waals surface area contributed by atoms with Gasteiger partial charge in [-0.1, -0.05) is 12.1 Å². The highest BCUT2D eigenvalue weighted by atomic mass is 32.1. The van der Waals surface area contributed by atoms with E-state index in [0.29, 0.717) is 47.9 Å². The van der Waals surface area contributed by atoms with Crippen LogP contribution in [-0.2, 0) is 6.54 Å². The van der Waals surface area contributed by atoms with Crippen molar-refractivity contribution in [2.75, 3.05) is 18.5 Å². The van der Waals surface area contributed by atoms with Gasteiger partial charge in [0.1, 0.15) is 16.5 Å². The fourth-order valence-electron chi connectivity index (χ4n) is 3.65. The van der Waals surface area contributed by atoms with Crippen molar-refractivity contribution in [3.8, 4) is 27.8 Å². The van der Waals surface area contributed by atoms with Crippen LogP contribution in [0.4, 0.5) is 5.69 Å². The smallest absolute Gasteiger partial charge is 0.259 e. The topological polar surface area (TPSA) is 110 Å². The molecule has 1 aliphatic heterocycles. The normalized spacial score (nSPS) is 12.0. The van der Waals surface area contributed by atoms with Crippen LogP contribution in [0.3, 0.4) is 0 Å². The van der Waals surface area contributed by atoms with Crippen molar-refractivity contribution in [2.45, 2.75) is 13.0 Å². The molecule has 4 aromatic rings. The molecular weight excluding hydrogens is 478 g/mol. The summed E-state index contributed by atoms with van der Waals surface area (Å²) in [7, 11) is 0. The number of para-hydroxylation sites is 1. The summed E-state index contributed by atoms with van der Waals surface area (Å²) >= 11 is 1.49. The molecule has 0 saturated heterocycles. The van der Waals surface area contributed by atoms with Gasteiger partial charge < -0.3 is 25.2 Å². The van der Waals surface area contributed by atoms with Crippen molar-refractivity contribution in [1.82, 2.24) is 10.3 Å². The zero-order chi connectivity index (χ0) is 24.9. The second-order valence-corrected chi connectivity index (χ2v) is 9.14. The van der Waals surface area contributed by atoms with Gasteiger partial charge in [-0.15, -0.1) is 11.3 Å². The second-order valence-electron chi connectivity index (χ2n) is 8.03. The maximum atomic E-state index is 12.8. The van der Waals surface area contributed by atoms with Crippen LogP contribution in [0.15, 0.2) is 72.9 Å². The summed E-state index contributed by atoms with van der Waals surface area (Å²) in [6.07, 6.45) is 2.33. The predicted molar refractivity (Wildman–Crippen MR) is 137 cm³/mol. The number of amides is 2. The molecule has 2 heterocycles. The number of anilines is 1. The Morgan fingerprint density at radius 3 is 2.75 bits per heavy atom. The number of benzene rings is 3. The number of carbonyl (C=O) groups is 2. The fourth-order valence-corrected chi connectivity index (χ4v) is 4.51. The number of thiazole rings is 1. The molecular formula is C27H23N3O5S. The maximum Gasteiger partial charge on any atom is 0.259 e. The van der Waals surface area contributed by atoms with Gasteiger partial charge >= 0.3 is 0 Å². The lowest BCUT2D eigenvalue weighted by atomic mass is 10.1. The number of hydrogen-bond acceptors (Lipinski definition) is 7. The second kappa shape index (κ2) is 10.6. The third-order valence-electron chi connectivity index (χ3n) is 5.49. The summed E-state index contributed by atoms with van der Waals surface area (Å²) in [5.41, 5.74) is 2.23. The summed E-state index contributed by atoms with van der Waals surface area (Å²) in [6, 6.07) is 19.5. The first-order chi connectivity index (χ1) is 17.6. The average molecular weight is 502 g/mol. The van der Waals surface area contributed by atoms with E-state index in [1.807, 2.05) is 24.3 Å². The van der Waals surface area contributed by atoms with Gasteiger partial charge in [-0.2, -0.15) is 0 Å². The molecule has 0 bridgehead atoms. The summed E-state index contributed by atoms with van der Waals surface area (Å²) < 4.78 is 11.4. The minimum atomic E-state index is -0.288. The zero-order valence-corrected chi connectivity index (χ0v) is 20.0. The van der Waals surface area contributed by atoms with E-state index in [1.165, 1.54) is 11.3 Å². The standard InChI is InChI=1S/C27H23N3O5S/c31-12-3-13-34-19-9-6-17(7-10-19)27-29-16-20(36-27)15-28-25(32)18-8-11-24-22(14-18)30-26(33)21-4-1-2-5-23(21)35-24/h1-2,4-11,14,16,31H,3,12-13,15H2,(H,28,32)(H,30,33). The van der Waals surface area contributed by atoms with E-state index in [-0.39, 0.29) is 18.4 Å². The first kappa shape index (κ1) is 23.5. The van der Waals surface area contributed by atoms with Gasteiger partial charge in [0.25, 0.3) is 11.8 Å². The highest BCUT2D eigenvalue weighted by molar-refractivity contribution is 7.15. The molecule has 5 rings (SSSR count). The third-order valence-corrected chi connectivity index (χ3v) is 6.54. The highest BCUT2D eigenvalue weighted by Crippen LogP contribution is 2.36. The zero-order valence-electron chi connectivity index (χ0n) is 19.2. The van der Waals surface area contributed by atoms with Crippen LogP contribution in [0.1, 0.15) is 32.0 Å². The van der Waals surface area contributed by atoms with Crippen LogP contribution in [0.25, 0.3) is 10.6 Å². The number of rotatable bonds is 8. The van der Waals surface area contributed by atoms with E-state index in [4.69, 9.17) is 14.6 Å². The Hall–Kier alpha value is -4.21. The third kappa shape index (κ3) is 5.22. The van der Waals surface area contributed by atoms with Gasteiger partial charge in [-0.3, -0.25) is 9.59 Å². The monoisotopic (exact) mass is 501 g/mol. The number of nitrogens with one attached hydrogen (secondary N) is 2. The number of nitrogens with zero attached hydrogens (tertiary/aromatic N) is 1. The molecule has 9 heteroatoms. The van der Waals surface area contributed by atoms with E-state index in [0.717, 1.165) is 21.2 Å². The van der Waals surface area contributed by atoms with Crippen LogP contribution in [-0.4, -0.2) is 35.1 Å². The molecule has 0 saturated carbocycles. The molecule has 0 fully saturated rings. The lowest BCUT2D eigenvalue weighted by Gasteiger charge is -2.10. The molecule has 3 aromatic carbocycles. The number of carbonyl (C=O) groups excluding carboxylic acids is 2. The average Bonchev–Trinajstić information content (AvgIpc) is 3.32. The van der Waals surface area contributed by atoms with Crippen molar-refractivity contribution >= 4 is 28.8 Å². The van der Waals surface area contributed by atoms with Gasteiger partial charge in [0, 0.05) is 35.2 Å². The SMILES string of the molecule is O=C(NCc1cnc(-c2ccc(OCCCO)cc2)s1)c1ccc2c(c1)NC(=O)c1ccccc1O2. The molecule has 36 heavy (non-hydrogen) atoms. The molecule has 2 amide bonds. The molecule has 1 aliphatic rings. The molecule has 3 N–H and O–H groups in total. The summed E-state index contributed by atoms with van der Waals surface area (Å²) in [5, 5.41) is 15.4. The molecule has 0 radical (unpaired) electrons. The Morgan fingerprint density at radius 1 is 1.08 bits per heavy atom. The van der Waals surface area contributed by atoms with Crippen LogP contribution in [0.5, 0.6) is 17.2 Å². The first-order valence-electron chi connectivity index (χ1n) is 11.4. The highest BCUT2D eigenvalue weighted by Gasteiger charge is 2.21. The van der Waals surface area contributed by atoms with E-state index in [1.54, 1.807) is 48.7 Å². The van der Waals surface area contributed by atoms with Gasteiger partial charge in [0.05, 0.1) is 24.4 Å². The Morgan fingerprint density at radius 2 is 1.92 bits per heavy atom. The van der Waals surface area contributed by atoms with Crippen molar-refractivity contribution in [2.24, 2.45) is 0 Å². The number of ether oxygens (including phenoxy) is 2. The quantitative estimate of drug-likeness (QED) is 0.298. The van der Waals surface area contributed by atoms with Crippen LogP contribution < -0.4 is 20.1 Å². The summed E-state index contributed by atoms with van der Waals surface area (Å²) in [5.74, 6) is 1.12. The fraction of sp³-hybridized carbons (Fsp3) is 0.148. The first-order valence-corrected chi connectivity index (χ1v) is 12.2. The van der Waals surface area contributed by atoms with Crippen molar-refractivity contribution in [3.05, 3.63) is 88.9 Å². The van der Waals surface area contributed by atoms with E-state index in [9.17, 15) is 9.59 Å². The Kier molecular flexibility index (Phi) is 6.92. The minimum absolute atomic E-state index is 0.1000. The summed E-state index contributed by atoms with van der Waals surface area (Å²) in [4.78, 5) is 30.7. The maximum absolute atomic E-state index is 12.8. The van der Waals surface area contributed by atoms with Crippen molar-refractivity contribution < 1.29 is 24.2 Å². The number of fused-ring (bicyclic) bond motifs is 2. The van der Waals surface area contributed by atoms with E-state index in [2.05, 4.69) is 15.6 Å². The lowest BCUT2D eigenvalue weighted by Crippen LogP contribution is -2.22. The predicted octanol–water partition coefficient (Wildman–Crippen LogP) is 4.86. The minimum Gasteiger partial charge on any atom is -0.494 e. The molecule has 182 valence electrons. The van der Waals surface area contributed by atoms with Gasteiger partial charge in [-0.25, -0.2) is 4.98 Å². The number of aromatic nitrogens is 1. The largest absolute Gasteiger partial charge is 0.494 e. The van der Waals surface area contributed by atoms with Gasteiger partial charge in [-0.05, 0) is 54.6 Å². The lowest BCUT2D eigenvalue weighted by molar-refractivity contribution is 0.0950. The Bertz CT molecular complexity index is 1400. The van der Waals surface area contributed by atoms with Crippen molar-refractivity contribution in [1.29, 1.82) is 0 Å². The number of aliphatic hydroxyl groups excluding tert-OH is 1. The molecule has 0 unspecified atom stereocenters. The molecule has 8 nitrogen and oxygen atoms in total. The van der Waals surface area contributed by atoms with Gasteiger partial charge in [0.15, 0.2) is 5.75 Å². The molecule has 0 spiro atoms. The Labute approximate surface area is 211 Å². The van der Waals surface area contributed by atoms with E-state index < -0.39 is 0 Å². The van der Waals surface area contributed by atoms with Crippen LogP contribution in [0, 0.1) is 0 Å². The number of aliphatic hydroxyl groups is 1. The van der Waals surface area contributed by atoms with Crippen molar-refractivity contribution in [3.63, 3.8) is 0 Å². The van der Waals surface area contributed by atoms with Crippen LogP contribution in [0.2, 0.25) is 0 Å². The Balaban J connectivity index is 1.21.